The lowest BCUT2D eigenvalue weighted by Gasteiger charge is -2.26. The number of carbonyl (C=O) groups is 1. The summed E-state index contributed by atoms with van der Waals surface area (Å²) in [5.41, 5.74) is 2.09. The van der Waals surface area contributed by atoms with Crippen molar-refractivity contribution in [1.82, 2.24) is 0 Å². The van der Waals surface area contributed by atoms with Gasteiger partial charge in [0, 0.05) is 11.3 Å². The van der Waals surface area contributed by atoms with Crippen molar-refractivity contribution in [3.63, 3.8) is 0 Å². The molecular weight excluding hydrogens is 436 g/mol. The molecule has 1 aliphatic rings. The Bertz CT molecular complexity index is 674. The molecule has 0 aromatic heterocycles. The number of hydrogen-bond donors (Lipinski definition) is 3. The van der Waals surface area contributed by atoms with E-state index in [9.17, 15) is 15.0 Å². The molecule has 5 nitrogen and oxygen atoms in total. The lowest BCUT2D eigenvalue weighted by atomic mass is 9.92. The van der Waals surface area contributed by atoms with Gasteiger partial charge in [0.1, 0.15) is 5.75 Å². The average molecular weight is 481 g/mol. The SMILES string of the molecule is CCCCCCCCCCOc1c(C2CCCC2)cccc1C(SCCC(=O)O)C(O)CO. The Morgan fingerprint density at radius 2 is 1.76 bits per heavy atom. The molecule has 0 saturated heterocycles. The molecule has 0 bridgehead atoms. The molecule has 1 aromatic rings. The van der Waals surface area contributed by atoms with Gasteiger partial charge < -0.3 is 20.1 Å². The fourth-order valence-corrected chi connectivity index (χ4v) is 5.93. The number of ether oxygens (including phenoxy) is 1. The van der Waals surface area contributed by atoms with Crippen LogP contribution < -0.4 is 4.74 Å². The molecule has 1 aliphatic carbocycles. The maximum atomic E-state index is 11.0. The van der Waals surface area contributed by atoms with E-state index in [0.717, 1.165) is 37.0 Å². The second-order valence-electron chi connectivity index (χ2n) is 9.26. The Morgan fingerprint density at radius 3 is 2.39 bits per heavy atom. The van der Waals surface area contributed by atoms with Gasteiger partial charge in [-0.15, -0.1) is 0 Å². The Kier molecular flexibility index (Phi) is 13.9. The van der Waals surface area contributed by atoms with Crippen LogP contribution in [0.3, 0.4) is 0 Å². The number of unbranched alkanes of at least 4 members (excludes halogenated alkanes) is 7. The molecule has 1 aromatic carbocycles. The third-order valence-corrected chi connectivity index (χ3v) is 7.94. The molecule has 0 spiro atoms. The summed E-state index contributed by atoms with van der Waals surface area (Å²) in [5.74, 6) is 0.843. The van der Waals surface area contributed by atoms with E-state index in [2.05, 4.69) is 13.0 Å². The zero-order valence-electron chi connectivity index (χ0n) is 20.3. The van der Waals surface area contributed by atoms with E-state index < -0.39 is 17.3 Å². The number of thioether (sulfide) groups is 1. The van der Waals surface area contributed by atoms with Gasteiger partial charge in [-0.2, -0.15) is 11.8 Å². The molecule has 33 heavy (non-hydrogen) atoms. The molecule has 2 unspecified atom stereocenters. The summed E-state index contributed by atoms with van der Waals surface area (Å²) in [7, 11) is 0. The van der Waals surface area contributed by atoms with Crippen LogP contribution in [0.15, 0.2) is 18.2 Å². The van der Waals surface area contributed by atoms with E-state index >= 15 is 0 Å². The van der Waals surface area contributed by atoms with E-state index in [1.807, 2.05) is 12.1 Å². The summed E-state index contributed by atoms with van der Waals surface area (Å²) in [6.07, 6.45) is 13.7. The summed E-state index contributed by atoms with van der Waals surface area (Å²) < 4.78 is 6.41. The molecule has 0 radical (unpaired) electrons. The van der Waals surface area contributed by atoms with Gasteiger partial charge in [-0.1, -0.05) is 82.9 Å². The van der Waals surface area contributed by atoms with Gasteiger partial charge in [0.05, 0.1) is 31.0 Å². The quantitative estimate of drug-likeness (QED) is 0.209. The van der Waals surface area contributed by atoms with Gasteiger partial charge in [-0.25, -0.2) is 0 Å². The molecule has 0 aliphatic heterocycles. The number of aliphatic carboxylic acids is 1. The fraction of sp³-hybridized carbons (Fsp3) is 0.741. The van der Waals surface area contributed by atoms with E-state index in [4.69, 9.17) is 9.84 Å². The molecular formula is C27H44O5S. The van der Waals surface area contributed by atoms with E-state index in [-0.39, 0.29) is 13.0 Å². The summed E-state index contributed by atoms with van der Waals surface area (Å²) in [6.45, 7) is 2.52. The van der Waals surface area contributed by atoms with Crippen molar-refractivity contribution in [1.29, 1.82) is 0 Å². The van der Waals surface area contributed by atoms with Crippen molar-refractivity contribution in [2.75, 3.05) is 19.0 Å². The summed E-state index contributed by atoms with van der Waals surface area (Å²) in [4.78, 5) is 11.0. The van der Waals surface area contributed by atoms with Gasteiger partial charge >= 0.3 is 5.97 Å². The van der Waals surface area contributed by atoms with E-state index in [1.54, 1.807) is 0 Å². The standard InChI is InChI=1S/C27H44O5S/c1-2-3-4-5-6-7-8-11-18-32-26-22(21-13-9-10-14-21)15-12-16-23(26)27(24(29)20-28)33-19-17-25(30)31/h12,15-16,21,24,27-29H,2-11,13-14,17-20H2,1H3,(H,30,31). The van der Waals surface area contributed by atoms with Crippen molar-refractivity contribution < 1.29 is 24.9 Å². The smallest absolute Gasteiger partial charge is 0.304 e. The first-order valence-electron chi connectivity index (χ1n) is 13.0. The highest BCUT2D eigenvalue weighted by atomic mass is 32.2. The summed E-state index contributed by atoms with van der Waals surface area (Å²) in [6, 6.07) is 6.13. The number of carboxylic acids is 1. The van der Waals surface area contributed by atoms with Gasteiger partial charge in [0.2, 0.25) is 0 Å². The molecule has 2 atom stereocenters. The minimum atomic E-state index is -0.965. The highest BCUT2D eigenvalue weighted by Gasteiger charge is 2.29. The largest absolute Gasteiger partial charge is 0.493 e. The normalized spacial score (nSPS) is 16.1. The second kappa shape index (κ2) is 16.4. The zero-order valence-corrected chi connectivity index (χ0v) is 21.2. The molecule has 6 heteroatoms. The molecule has 2 rings (SSSR count). The molecule has 188 valence electrons. The van der Waals surface area contributed by atoms with Crippen molar-refractivity contribution in [3.8, 4) is 5.75 Å². The van der Waals surface area contributed by atoms with Crippen LogP contribution in [0.4, 0.5) is 0 Å². The van der Waals surface area contributed by atoms with Gasteiger partial charge in [0.15, 0.2) is 0 Å². The third-order valence-electron chi connectivity index (χ3n) is 6.57. The first-order chi connectivity index (χ1) is 16.1. The Balaban J connectivity index is 2.08. The minimum Gasteiger partial charge on any atom is -0.493 e. The molecule has 1 saturated carbocycles. The summed E-state index contributed by atoms with van der Waals surface area (Å²) >= 11 is 1.39. The molecule has 0 amide bonds. The van der Waals surface area contributed by atoms with Gasteiger partial charge in [0.25, 0.3) is 0 Å². The Morgan fingerprint density at radius 1 is 1.09 bits per heavy atom. The lowest BCUT2D eigenvalue weighted by molar-refractivity contribution is -0.136. The molecule has 0 heterocycles. The van der Waals surface area contributed by atoms with Crippen LogP contribution in [0.5, 0.6) is 5.75 Å². The first kappa shape index (κ1) is 28.0. The number of rotatable bonds is 18. The topological polar surface area (TPSA) is 87.0 Å². The highest BCUT2D eigenvalue weighted by molar-refractivity contribution is 7.99. The maximum absolute atomic E-state index is 11.0. The average Bonchev–Trinajstić information content (AvgIpc) is 3.35. The predicted molar refractivity (Wildman–Crippen MR) is 136 cm³/mol. The molecule has 1 fully saturated rings. The third kappa shape index (κ3) is 9.87. The van der Waals surface area contributed by atoms with Gasteiger partial charge in [-0.05, 0) is 30.7 Å². The number of para-hydroxylation sites is 1. The Hall–Kier alpha value is -1.24. The van der Waals surface area contributed by atoms with Crippen molar-refractivity contribution in [3.05, 3.63) is 29.3 Å². The fourth-order valence-electron chi connectivity index (χ4n) is 4.71. The number of aliphatic hydroxyl groups is 2. The number of benzene rings is 1. The number of hydrogen-bond acceptors (Lipinski definition) is 5. The lowest BCUT2D eigenvalue weighted by Crippen LogP contribution is -2.22. The highest BCUT2D eigenvalue weighted by Crippen LogP contribution is 2.45. The van der Waals surface area contributed by atoms with Crippen LogP contribution in [-0.4, -0.2) is 46.4 Å². The van der Waals surface area contributed by atoms with Crippen LogP contribution in [0, 0.1) is 0 Å². The number of carboxylic acid groups (broad SMARTS) is 1. The minimum absolute atomic E-state index is 0.0239. The van der Waals surface area contributed by atoms with E-state index in [0.29, 0.717) is 18.3 Å². The number of aliphatic hydroxyl groups excluding tert-OH is 2. The summed E-state index contributed by atoms with van der Waals surface area (Å²) in [5, 5.41) is 28.9. The van der Waals surface area contributed by atoms with Crippen molar-refractivity contribution >= 4 is 17.7 Å². The van der Waals surface area contributed by atoms with Crippen LogP contribution in [-0.2, 0) is 4.79 Å². The predicted octanol–water partition coefficient (Wildman–Crippen LogP) is 6.47. The van der Waals surface area contributed by atoms with Crippen LogP contribution in [0.1, 0.15) is 113 Å². The maximum Gasteiger partial charge on any atom is 0.304 e. The first-order valence-corrected chi connectivity index (χ1v) is 14.0. The second-order valence-corrected chi connectivity index (χ2v) is 10.5. The monoisotopic (exact) mass is 480 g/mol. The van der Waals surface area contributed by atoms with Crippen LogP contribution >= 0.6 is 11.8 Å². The van der Waals surface area contributed by atoms with E-state index in [1.165, 1.54) is 68.7 Å². The van der Waals surface area contributed by atoms with Gasteiger partial charge in [-0.3, -0.25) is 4.79 Å². The van der Waals surface area contributed by atoms with Crippen LogP contribution in [0.25, 0.3) is 0 Å². The zero-order chi connectivity index (χ0) is 23.9. The molecule has 3 N–H and O–H groups in total. The Labute approximate surface area is 204 Å². The van der Waals surface area contributed by atoms with Crippen molar-refractivity contribution in [2.45, 2.75) is 108 Å². The van der Waals surface area contributed by atoms with Crippen molar-refractivity contribution in [2.24, 2.45) is 0 Å². The van der Waals surface area contributed by atoms with Crippen LogP contribution in [0.2, 0.25) is 0 Å².